The lowest BCUT2D eigenvalue weighted by molar-refractivity contribution is 0.212. The van der Waals surface area contributed by atoms with Crippen molar-refractivity contribution in [3.8, 4) is 0 Å². The lowest BCUT2D eigenvalue weighted by Crippen LogP contribution is -2.38. The minimum absolute atomic E-state index is 0.0172. The Morgan fingerprint density at radius 1 is 1.54 bits per heavy atom. The van der Waals surface area contributed by atoms with Crippen molar-refractivity contribution >= 4 is 6.03 Å². The van der Waals surface area contributed by atoms with Crippen molar-refractivity contribution in [1.29, 1.82) is 0 Å². The number of amides is 2. The molecule has 0 heterocycles. The third-order valence-electron chi connectivity index (χ3n) is 1.66. The highest BCUT2D eigenvalue weighted by molar-refractivity contribution is 5.74. The van der Waals surface area contributed by atoms with Gasteiger partial charge in [-0.25, -0.2) is 4.79 Å². The first-order chi connectivity index (χ1) is 6.07. The van der Waals surface area contributed by atoms with Crippen LogP contribution in [-0.2, 0) is 0 Å². The molecule has 0 rings (SSSR count). The van der Waals surface area contributed by atoms with Gasteiger partial charge >= 0.3 is 6.03 Å². The standard InChI is InChI=1S/C10H20N2O/c1-5-6-7-11-10(13)12(4)8-9(2)3/h2,5-8H2,1,3-4H3,(H,11,13). The van der Waals surface area contributed by atoms with Crippen LogP contribution in [0.5, 0.6) is 0 Å². The largest absolute Gasteiger partial charge is 0.338 e. The molecule has 0 saturated carbocycles. The highest BCUT2D eigenvalue weighted by Gasteiger charge is 2.05. The molecule has 0 unspecified atom stereocenters. The number of carbonyl (C=O) groups is 1. The fourth-order valence-electron chi connectivity index (χ4n) is 0.984. The second kappa shape index (κ2) is 6.52. The lowest BCUT2D eigenvalue weighted by atomic mass is 10.3. The van der Waals surface area contributed by atoms with Gasteiger partial charge in [-0.3, -0.25) is 0 Å². The normalized spacial score (nSPS) is 9.46. The van der Waals surface area contributed by atoms with E-state index in [4.69, 9.17) is 0 Å². The van der Waals surface area contributed by atoms with Gasteiger partial charge in [0, 0.05) is 20.1 Å². The fraction of sp³-hybridized carbons (Fsp3) is 0.700. The first-order valence-corrected chi connectivity index (χ1v) is 4.71. The Balaban J connectivity index is 3.63. The number of unbranched alkanes of at least 4 members (excludes halogenated alkanes) is 1. The molecule has 0 saturated heterocycles. The maximum atomic E-state index is 11.3. The smallest absolute Gasteiger partial charge is 0.317 e. The van der Waals surface area contributed by atoms with E-state index >= 15 is 0 Å². The summed E-state index contributed by atoms with van der Waals surface area (Å²) in [5.41, 5.74) is 0.994. The van der Waals surface area contributed by atoms with E-state index in [2.05, 4.69) is 18.8 Å². The summed E-state index contributed by atoms with van der Waals surface area (Å²) < 4.78 is 0. The zero-order chi connectivity index (χ0) is 10.3. The monoisotopic (exact) mass is 184 g/mol. The van der Waals surface area contributed by atoms with Crippen LogP contribution in [0.25, 0.3) is 0 Å². The molecular formula is C10H20N2O. The Hall–Kier alpha value is -0.990. The third-order valence-corrected chi connectivity index (χ3v) is 1.66. The van der Waals surface area contributed by atoms with Crippen LogP contribution in [0.2, 0.25) is 0 Å². The fourth-order valence-corrected chi connectivity index (χ4v) is 0.984. The van der Waals surface area contributed by atoms with Crippen LogP contribution in [0.15, 0.2) is 12.2 Å². The molecule has 0 aliphatic carbocycles. The molecule has 0 spiro atoms. The SMILES string of the molecule is C=C(C)CN(C)C(=O)NCCCC. The Bertz CT molecular complexity index is 178. The summed E-state index contributed by atoms with van der Waals surface area (Å²) in [5.74, 6) is 0. The minimum Gasteiger partial charge on any atom is -0.338 e. The van der Waals surface area contributed by atoms with E-state index in [1.54, 1.807) is 11.9 Å². The van der Waals surface area contributed by atoms with E-state index in [9.17, 15) is 4.79 Å². The molecule has 0 aliphatic rings. The van der Waals surface area contributed by atoms with Gasteiger partial charge < -0.3 is 10.2 Å². The average molecular weight is 184 g/mol. The second-order valence-corrected chi connectivity index (χ2v) is 3.40. The predicted molar refractivity (Wildman–Crippen MR) is 55.8 cm³/mol. The number of nitrogens with one attached hydrogen (secondary N) is 1. The van der Waals surface area contributed by atoms with Gasteiger partial charge in [0.05, 0.1) is 0 Å². The van der Waals surface area contributed by atoms with Gasteiger partial charge in [-0.15, -0.1) is 0 Å². The first-order valence-electron chi connectivity index (χ1n) is 4.71. The van der Waals surface area contributed by atoms with E-state index in [1.807, 2.05) is 6.92 Å². The van der Waals surface area contributed by atoms with Gasteiger partial charge in [0.25, 0.3) is 0 Å². The predicted octanol–water partition coefficient (Wildman–Crippen LogP) is 2.00. The Labute approximate surface area is 80.8 Å². The van der Waals surface area contributed by atoms with Gasteiger partial charge in [0.1, 0.15) is 0 Å². The van der Waals surface area contributed by atoms with Crippen molar-refractivity contribution in [2.45, 2.75) is 26.7 Å². The number of hydrogen-bond donors (Lipinski definition) is 1. The number of rotatable bonds is 5. The molecule has 0 fully saturated rings. The van der Waals surface area contributed by atoms with Crippen molar-refractivity contribution in [2.24, 2.45) is 0 Å². The molecule has 0 aromatic heterocycles. The number of carbonyl (C=O) groups excluding carboxylic acids is 1. The summed E-state index contributed by atoms with van der Waals surface area (Å²) in [5, 5.41) is 2.83. The molecule has 0 radical (unpaired) electrons. The van der Waals surface area contributed by atoms with E-state index in [-0.39, 0.29) is 6.03 Å². The van der Waals surface area contributed by atoms with Crippen LogP contribution in [0.1, 0.15) is 26.7 Å². The van der Waals surface area contributed by atoms with E-state index in [0.717, 1.165) is 25.0 Å². The summed E-state index contributed by atoms with van der Waals surface area (Å²) in [6.07, 6.45) is 2.14. The van der Waals surface area contributed by atoms with Crippen molar-refractivity contribution in [2.75, 3.05) is 20.1 Å². The van der Waals surface area contributed by atoms with Gasteiger partial charge in [-0.05, 0) is 13.3 Å². The molecule has 0 atom stereocenters. The van der Waals surface area contributed by atoms with Crippen molar-refractivity contribution in [1.82, 2.24) is 10.2 Å². The van der Waals surface area contributed by atoms with Gasteiger partial charge in [-0.1, -0.05) is 25.5 Å². The molecule has 0 bridgehead atoms. The van der Waals surface area contributed by atoms with E-state index in [0.29, 0.717) is 6.54 Å². The van der Waals surface area contributed by atoms with Crippen molar-refractivity contribution in [3.63, 3.8) is 0 Å². The summed E-state index contributed by atoms with van der Waals surface area (Å²) in [4.78, 5) is 13.0. The number of nitrogens with zero attached hydrogens (tertiary/aromatic N) is 1. The van der Waals surface area contributed by atoms with Gasteiger partial charge in [0.15, 0.2) is 0 Å². The molecular weight excluding hydrogens is 164 g/mol. The van der Waals surface area contributed by atoms with Gasteiger partial charge in [-0.2, -0.15) is 0 Å². The lowest BCUT2D eigenvalue weighted by Gasteiger charge is -2.17. The Morgan fingerprint density at radius 2 is 2.15 bits per heavy atom. The van der Waals surface area contributed by atoms with Crippen LogP contribution in [-0.4, -0.2) is 31.1 Å². The van der Waals surface area contributed by atoms with Gasteiger partial charge in [0.2, 0.25) is 0 Å². The number of urea groups is 1. The molecule has 0 aromatic rings. The highest BCUT2D eigenvalue weighted by atomic mass is 16.2. The quantitative estimate of drug-likeness (QED) is 0.514. The molecule has 1 N–H and O–H groups in total. The molecule has 3 nitrogen and oxygen atoms in total. The summed E-state index contributed by atoms with van der Waals surface area (Å²) in [7, 11) is 1.77. The zero-order valence-electron chi connectivity index (χ0n) is 8.89. The minimum atomic E-state index is -0.0172. The molecule has 2 amide bonds. The van der Waals surface area contributed by atoms with Crippen LogP contribution in [0.4, 0.5) is 4.79 Å². The van der Waals surface area contributed by atoms with Crippen LogP contribution in [0, 0.1) is 0 Å². The molecule has 0 aliphatic heterocycles. The average Bonchev–Trinajstić information content (AvgIpc) is 2.03. The topological polar surface area (TPSA) is 32.3 Å². The second-order valence-electron chi connectivity index (χ2n) is 3.40. The van der Waals surface area contributed by atoms with E-state index < -0.39 is 0 Å². The molecule has 13 heavy (non-hydrogen) atoms. The van der Waals surface area contributed by atoms with Crippen LogP contribution < -0.4 is 5.32 Å². The third kappa shape index (κ3) is 6.20. The Morgan fingerprint density at radius 3 is 2.62 bits per heavy atom. The van der Waals surface area contributed by atoms with Crippen LogP contribution in [0.3, 0.4) is 0 Å². The summed E-state index contributed by atoms with van der Waals surface area (Å²) in [6, 6.07) is -0.0172. The highest BCUT2D eigenvalue weighted by Crippen LogP contribution is 1.93. The molecule has 3 heteroatoms. The summed E-state index contributed by atoms with van der Waals surface area (Å²) >= 11 is 0. The van der Waals surface area contributed by atoms with Crippen molar-refractivity contribution in [3.05, 3.63) is 12.2 Å². The first kappa shape index (κ1) is 12.0. The zero-order valence-corrected chi connectivity index (χ0v) is 8.89. The maximum Gasteiger partial charge on any atom is 0.317 e. The van der Waals surface area contributed by atoms with E-state index in [1.165, 1.54) is 0 Å². The number of hydrogen-bond acceptors (Lipinski definition) is 1. The maximum absolute atomic E-state index is 11.3. The summed E-state index contributed by atoms with van der Waals surface area (Å²) in [6.45, 7) is 9.15. The molecule has 76 valence electrons. The number of likely N-dealkylation sites (N-methyl/N-ethyl adjacent to an activating group) is 1. The molecule has 0 aromatic carbocycles. The van der Waals surface area contributed by atoms with Crippen molar-refractivity contribution < 1.29 is 4.79 Å². The Kier molecular flexibility index (Phi) is 6.02. The van der Waals surface area contributed by atoms with Crippen LogP contribution >= 0.6 is 0 Å².